The Bertz CT molecular complexity index is 900. The number of hydrogen-bond donors (Lipinski definition) is 1. The van der Waals surface area contributed by atoms with Crippen molar-refractivity contribution in [1.82, 2.24) is 10.1 Å². The number of amides is 1. The van der Waals surface area contributed by atoms with Gasteiger partial charge in [-0.15, -0.1) is 0 Å². The number of rotatable bonds is 4. The van der Waals surface area contributed by atoms with Gasteiger partial charge in [0.1, 0.15) is 5.75 Å². The van der Waals surface area contributed by atoms with Gasteiger partial charge in [-0.05, 0) is 31.0 Å². The third kappa shape index (κ3) is 2.82. The molecule has 0 bridgehead atoms. The molecule has 24 heavy (non-hydrogen) atoms. The highest BCUT2D eigenvalue weighted by Crippen LogP contribution is 2.28. The monoisotopic (exact) mass is 325 g/mol. The van der Waals surface area contributed by atoms with Gasteiger partial charge < -0.3 is 14.6 Å². The van der Waals surface area contributed by atoms with Crippen molar-refractivity contribution in [3.8, 4) is 5.75 Å². The molecule has 1 N–H and O–H groups in total. The van der Waals surface area contributed by atoms with Gasteiger partial charge in [0.15, 0.2) is 0 Å². The summed E-state index contributed by atoms with van der Waals surface area (Å²) < 4.78 is 10.5. The molecule has 0 aliphatic rings. The van der Waals surface area contributed by atoms with Gasteiger partial charge in [0.05, 0.1) is 29.4 Å². The number of benzene rings is 1. The van der Waals surface area contributed by atoms with Gasteiger partial charge in [-0.2, -0.15) is 0 Å². The van der Waals surface area contributed by atoms with Crippen molar-refractivity contribution in [3.63, 3.8) is 0 Å². The van der Waals surface area contributed by atoms with Crippen LogP contribution >= 0.6 is 0 Å². The Labute approximate surface area is 139 Å². The number of methoxy groups -OCH3 is 1. The predicted molar refractivity (Wildman–Crippen MR) is 91.6 cm³/mol. The fourth-order valence-electron chi connectivity index (χ4n) is 2.53. The molecule has 124 valence electrons. The first-order valence-corrected chi connectivity index (χ1v) is 7.72. The van der Waals surface area contributed by atoms with Crippen LogP contribution < -0.4 is 10.1 Å². The first-order chi connectivity index (χ1) is 11.5. The number of nitrogens with zero attached hydrogens (tertiary/aromatic N) is 2. The molecule has 6 nitrogen and oxygen atoms in total. The molecule has 0 atom stereocenters. The Morgan fingerprint density at radius 3 is 2.75 bits per heavy atom. The van der Waals surface area contributed by atoms with Gasteiger partial charge in [-0.1, -0.05) is 31.1 Å². The largest absolute Gasteiger partial charge is 0.495 e. The molecule has 0 spiro atoms. The number of hydrogen-bond acceptors (Lipinski definition) is 5. The van der Waals surface area contributed by atoms with Crippen molar-refractivity contribution in [1.29, 1.82) is 0 Å². The fraction of sp³-hybridized carbons (Fsp3) is 0.278. The number of nitrogens with one attached hydrogen (secondary N) is 1. The standard InChI is InChI=1S/C18H19N3O3/c1-10(2)14-9-12(16-11(3)21-24-18(16)20-14)17(22)19-13-7-5-6-8-15(13)23-4/h5-10H,1-4H3,(H,19,22). The minimum Gasteiger partial charge on any atom is -0.495 e. The van der Waals surface area contributed by atoms with Crippen LogP contribution in [0.1, 0.15) is 41.5 Å². The Hall–Kier alpha value is -2.89. The molecule has 3 aromatic rings. The number of para-hydroxylation sites is 2. The van der Waals surface area contributed by atoms with Gasteiger partial charge in [-0.25, -0.2) is 4.98 Å². The molecule has 0 radical (unpaired) electrons. The van der Waals surface area contributed by atoms with Crippen molar-refractivity contribution in [2.45, 2.75) is 26.7 Å². The number of pyridine rings is 1. The average molecular weight is 325 g/mol. The molecular weight excluding hydrogens is 306 g/mol. The van der Waals surface area contributed by atoms with Crippen LogP contribution in [0.3, 0.4) is 0 Å². The van der Waals surface area contributed by atoms with Crippen molar-refractivity contribution in [3.05, 3.63) is 47.3 Å². The van der Waals surface area contributed by atoms with E-state index in [1.54, 1.807) is 32.2 Å². The Kier molecular flexibility index (Phi) is 4.20. The zero-order chi connectivity index (χ0) is 17.3. The van der Waals surface area contributed by atoms with Crippen molar-refractivity contribution >= 4 is 22.7 Å². The lowest BCUT2D eigenvalue weighted by Gasteiger charge is -2.12. The molecule has 0 aliphatic carbocycles. The topological polar surface area (TPSA) is 77.2 Å². The average Bonchev–Trinajstić information content (AvgIpc) is 2.95. The van der Waals surface area contributed by atoms with E-state index in [4.69, 9.17) is 9.26 Å². The molecule has 0 saturated carbocycles. The lowest BCUT2D eigenvalue weighted by Crippen LogP contribution is -2.14. The summed E-state index contributed by atoms with van der Waals surface area (Å²) in [5.41, 5.74) is 2.90. The zero-order valence-corrected chi connectivity index (χ0v) is 14.1. The van der Waals surface area contributed by atoms with E-state index in [-0.39, 0.29) is 11.8 Å². The molecule has 0 saturated heterocycles. The van der Waals surface area contributed by atoms with Gasteiger partial charge in [-0.3, -0.25) is 4.79 Å². The van der Waals surface area contributed by atoms with Crippen LogP contribution in [0, 0.1) is 6.92 Å². The minimum atomic E-state index is -0.250. The van der Waals surface area contributed by atoms with E-state index in [1.807, 2.05) is 26.0 Å². The molecule has 0 fully saturated rings. The molecular formula is C18H19N3O3. The summed E-state index contributed by atoms with van der Waals surface area (Å²) in [6.45, 7) is 5.82. The van der Waals surface area contributed by atoms with Gasteiger partial charge in [0.2, 0.25) is 0 Å². The van der Waals surface area contributed by atoms with Crippen molar-refractivity contribution < 1.29 is 14.1 Å². The predicted octanol–water partition coefficient (Wildman–Crippen LogP) is 3.92. The molecule has 2 aromatic heterocycles. The second kappa shape index (κ2) is 6.31. The van der Waals surface area contributed by atoms with Crippen LogP contribution in [0.25, 0.3) is 11.1 Å². The summed E-state index contributed by atoms with van der Waals surface area (Å²) in [6.07, 6.45) is 0. The SMILES string of the molecule is COc1ccccc1NC(=O)c1cc(C(C)C)nc2onc(C)c12. The van der Waals surface area contributed by atoms with Gasteiger partial charge in [0, 0.05) is 5.69 Å². The minimum absolute atomic E-state index is 0.164. The number of anilines is 1. The number of ether oxygens (including phenoxy) is 1. The van der Waals surface area contributed by atoms with Crippen LogP contribution in [0.15, 0.2) is 34.9 Å². The fourth-order valence-corrected chi connectivity index (χ4v) is 2.53. The van der Waals surface area contributed by atoms with Crippen LogP contribution in [0.2, 0.25) is 0 Å². The highest BCUT2D eigenvalue weighted by molar-refractivity contribution is 6.12. The Morgan fingerprint density at radius 2 is 2.04 bits per heavy atom. The maximum absolute atomic E-state index is 12.9. The molecule has 2 heterocycles. The molecule has 1 aromatic carbocycles. The summed E-state index contributed by atoms with van der Waals surface area (Å²) in [5, 5.41) is 7.46. The summed E-state index contributed by atoms with van der Waals surface area (Å²) in [6, 6.07) is 9.06. The van der Waals surface area contributed by atoms with Crippen molar-refractivity contribution in [2.24, 2.45) is 0 Å². The third-order valence-corrected chi connectivity index (χ3v) is 3.83. The number of fused-ring (bicyclic) bond motifs is 1. The van der Waals surface area contributed by atoms with Crippen LogP contribution in [0.4, 0.5) is 5.69 Å². The van der Waals surface area contributed by atoms with E-state index in [1.165, 1.54) is 0 Å². The van der Waals surface area contributed by atoms with Gasteiger partial charge >= 0.3 is 0 Å². The maximum Gasteiger partial charge on any atom is 0.259 e. The normalized spacial score (nSPS) is 11.0. The number of aromatic nitrogens is 2. The maximum atomic E-state index is 12.9. The zero-order valence-electron chi connectivity index (χ0n) is 14.1. The lowest BCUT2D eigenvalue weighted by molar-refractivity contribution is 0.102. The third-order valence-electron chi connectivity index (χ3n) is 3.83. The summed E-state index contributed by atoms with van der Waals surface area (Å²) in [4.78, 5) is 17.3. The first kappa shape index (κ1) is 16.0. The molecule has 1 amide bonds. The number of carbonyl (C=O) groups excluding carboxylic acids is 1. The smallest absolute Gasteiger partial charge is 0.259 e. The molecule has 6 heteroatoms. The second-order valence-corrected chi connectivity index (χ2v) is 5.85. The second-order valence-electron chi connectivity index (χ2n) is 5.85. The van der Waals surface area contributed by atoms with E-state index >= 15 is 0 Å². The molecule has 0 aliphatic heterocycles. The van der Waals surface area contributed by atoms with Crippen molar-refractivity contribution in [2.75, 3.05) is 12.4 Å². The van der Waals surface area contributed by atoms with Crippen LogP contribution in [-0.4, -0.2) is 23.2 Å². The summed E-state index contributed by atoms with van der Waals surface area (Å²) in [7, 11) is 1.57. The highest BCUT2D eigenvalue weighted by atomic mass is 16.5. The van der Waals surface area contributed by atoms with Gasteiger partial charge in [0.25, 0.3) is 11.6 Å². The Morgan fingerprint density at radius 1 is 1.29 bits per heavy atom. The van der Waals surface area contributed by atoms with E-state index in [0.29, 0.717) is 33.8 Å². The quantitative estimate of drug-likeness (QED) is 0.787. The van der Waals surface area contributed by atoms with E-state index in [2.05, 4.69) is 15.5 Å². The number of aryl methyl sites for hydroxylation is 1. The summed E-state index contributed by atoms with van der Waals surface area (Å²) in [5.74, 6) is 0.514. The first-order valence-electron chi connectivity index (χ1n) is 7.72. The van der Waals surface area contributed by atoms with E-state index < -0.39 is 0 Å². The van der Waals surface area contributed by atoms with Crippen LogP contribution in [-0.2, 0) is 0 Å². The van der Waals surface area contributed by atoms with Crippen LogP contribution in [0.5, 0.6) is 5.75 Å². The lowest BCUT2D eigenvalue weighted by atomic mass is 10.0. The molecule has 3 rings (SSSR count). The highest BCUT2D eigenvalue weighted by Gasteiger charge is 2.20. The summed E-state index contributed by atoms with van der Waals surface area (Å²) >= 11 is 0. The van der Waals surface area contributed by atoms with E-state index in [0.717, 1.165) is 5.69 Å². The number of carbonyl (C=O) groups is 1. The Balaban J connectivity index is 2.07. The van der Waals surface area contributed by atoms with E-state index in [9.17, 15) is 4.79 Å². The molecule has 0 unspecified atom stereocenters.